The van der Waals surface area contributed by atoms with Crippen molar-refractivity contribution in [3.63, 3.8) is 0 Å². The number of aliphatic hydroxyl groups excluding tert-OH is 1. The normalized spacial score (nSPS) is 17.6. The first-order chi connectivity index (χ1) is 15.5. The maximum absolute atomic E-state index is 13.2. The third kappa shape index (κ3) is 3.66. The Bertz CT molecular complexity index is 1200. The van der Waals surface area contributed by atoms with E-state index >= 15 is 0 Å². The Hall–Kier alpha value is -3.86. The largest absolute Gasteiger partial charge is 0.507 e. The summed E-state index contributed by atoms with van der Waals surface area (Å²) >= 11 is 0. The molecule has 32 heavy (non-hydrogen) atoms. The van der Waals surface area contributed by atoms with E-state index in [-0.39, 0.29) is 11.3 Å². The quantitative estimate of drug-likeness (QED) is 0.346. The van der Waals surface area contributed by atoms with Gasteiger partial charge in [-0.05, 0) is 60.4 Å². The number of Topliss-reactive ketones (excluding diaryl/α,β-unsaturated/α-hetero) is 1. The van der Waals surface area contributed by atoms with E-state index < -0.39 is 17.7 Å². The van der Waals surface area contributed by atoms with Gasteiger partial charge in [-0.1, -0.05) is 49.4 Å². The molecular weight excluding hydrogens is 402 g/mol. The second-order valence-corrected chi connectivity index (χ2v) is 7.78. The molecule has 1 atom stereocenters. The Morgan fingerprint density at radius 1 is 1.00 bits per heavy atom. The van der Waals surface area contributed by atoms with E-state index in [1.54, 1.807) is 25.3 Å². The second-order valence-electron chi connectivity index (χ2n) is 7.78. The number of carbonyl (C=O) groups excluding carboxylic acids is 2. The molecule has 0 aliphatic carbocycles. The topological polar surface area (TPSA) is 66.8 Å². The minimum atomic E-state index is -0.730. The van der Waals surface area contributed by atoms with Crippen LogP contribution in [0.5, 0.6) is 5.75 Å². The smallest absolute Gasteiger partial charge is 0.300 e. The van der Waals surface area contributed by atoms with Crippen LogP contribution in [0.4, 0.5) is 5.69 Å². The van der Waals surface area contributed by atoms with Gasteiger partial charge in [-0.15, -0.1) is 0 Å². The lowest BCUT2D eigenvalue weighted by Gasteiger charge is -2.25. The van der Waals surface area contributed by atoms with Crippen LogP contribution in [0.1, 0.15) is 35.2 Å². The van der Waals surface area contributed by atoms with Gasteiger partial charge in [0.1, 0.15) is 11.5 Å². The number of rotatable bonds is 5. The summed E-state index contributed by atoms with van der Waals surface area (Å²) in [7, 11) is 1.58. The average Bonchev–Trinajstić information content (AvgIpc) is 3.09. The van der Waals surface area contributed by atoms with Crippen molar-refractivity contribution in [3.8, 4) is 5.75 Å². The summed E-state index contributed by atoms with van der Waals surface area (Å²) < 4.78 is 5.30. The fraction of sp³-hybridized carbons (Fsp3) is 0.185. The molecule has 5 nitrogen and oxygen atoms in total. The zero-order valence-corrected chi connectivity index (χ0v) is 18.3. The lowest BCUT2D eigenvalue weighted by molar-refractivity contribution is -0.132. The first kappa shape index (κ1) is 21.4. The van der Waals surface area contributed by atoms with Crippen molar-refractivity contribution in [1.82, 2.24) is 0 Å². The van der Waals surface area contributed by atoms with E-state index in [9.17, 15) is 14.7 Å². The molecule has 0 saturated carbocycles. The molecule has 4 rings (SSSR count). The van der Waals surface area contributed by atoms with Crippen molar-refractivity contribution in [1.29, 1.82) is 0 Å². The third-order valence-electron chi connectivity index (χ3n) is 5.85. The molecule has 1 aliphatic heterocycles. The van der Waals surface area contributed by atoms with Gasteiger partial charge in [0.15, 0.2) is 0 Å². The van der Waals surface area contributed by atoms with Gasteiger partial charge in [0.2, 0.25) is 0 Å². The van der Waals surface area contributed by atoms with E-state index in [1.165, 1.54) is 4.90 Å². The fourth-order valence-electron chi connectivity index (χ4n) is 4.12. The number of anilines is 1. The van der Waals surface area contributed by atoms with Crippen LogP contribution in [0.15, 0.2) is 78.4 Å². The van der Waals surface area contributed by atoms with Crippen molar-refractivity contribution in [2.24, 2.45) is 0 Å². The molecule has 3 aromatic carbocycles. The lowest BCUT2D eigenvalue weighted by atomic mass is 9.94. The van der Waals surface area contributed by atoms with E-state index in [4.69, 9.17) is 4.74 Å². The molecular formula is C27H25NO4. The number of benzene rings is 3. The predicted octanol–water partition coefficient (Wildman–Crippen LogP) is 5.19. The highest BCUT2D eigenvalue weighted by Crippen LogP contribution is 2.42. The van der Waals surface area contributed by atoms with Crippen LogP contribution >= 0.6 is 0 Å². The monoisotopic (exact) mass is 427 g/mol. The maximum atomic E-state index is 13.2. The zero-order chi connectivity index (χ0) is 22.8. The summed E-state index contributed by atoms with van der Waals surface area (Å²) in [5.41, 5.74) is 3.85. The van der Waals surface area contributed by atoms with Gasteiger partial charge in [-0.2, -0.15) is 0 Å². The van der Waals surface area contributed by atoms with Crippen molar-refractivity contribution in [2.45, 2.75) is 26.3 Å². The lowest BCUT2D eigenvalue weighted by Crippen LogP contribution is -2.29. The molecule has 1 amide bonds. The number of aryl methyl sites for hydroxylation is 2. The number of hydrogen-bond donors (Lipinski definition) is 1. The number of ketones is 1. The highest BCUT2D eigenvalue weighted by atomic mass is 16.5. The number of methoxy groups -OCH3 is 1. The zero-order valence-electron chi connectivity index (χ0n) is 18.3. The van der Waals surface area contributed by atoms with Gasteiger partial charge < -0.3 is 9.84 Å². The van der Waals surface area contributed by atoms with Gasteiger partial charge >= 0.3 is 0 Å². The Kier molecular flexibility index (Phi) is 5.82. The van der Waals surface area contributed by atoms with E-state index in [0.717, 1.165) is 23.1 Å². The van der Waals surface area contributed by atoms with Crippen LogP contribution in [0.25, 0.3) is 5.76 Å². The molecule has 1 aliphatic rings. The average molecular weight is 428 g/mol. The summed E-state index contributed by atoms with van der Waals surface area (Å²) in [5.74, 6) is -0.882. The highest BCUT2D eigenvalue weighted by molar-refractivity contribution is 6.51. The van der Waals surface area contributed by atoms with Crippen molar-refractivity contribution >= 4 is 23.1 Å². The molecule has 162 valence electrons. The SMILES string of the molecule is CCc1ccc(N2C(=O)C(=O)/C(=C(\O)c3ccc(OC)c(C)c3)C2c2ccccc2)cc1. The van der Waals surface area contributed by atoms with Gasteiger partial charge in [0.05, 0.1) is 18.7 Å². The molecule has 1 unspecified atom stereocenters. The number of amides is 1. The van der Waals surface area contributed by atoms with Gasteiger partial charge in [-0.25, -0.2) is 0 Å². The maximum Gasteiger partial charge on any atom is 0.300 e. The Morgan fingerprint density at radius 2 is 1.69 bits per heavy atom. The Labute approximate surface area is 187 Å². The minimum Gasteiger partial charge on any atom is -0.507 e. The molecule has 1 N–H and O–H groups in total. The molecule has 0 bridgehead atoms. The molecule has 1 saturated heterocycles. The molecule has 1 fully saturated rings. The van der Waals surface area contributed by atoms with E-state index in [2.05, 4.69) is 6.92 Å². The van der Waals surface area contributed by atoms with Crippen molar-refractivity contribution in [2.75, 3.05) is 12.0 Å². The molecule has 3 aromatic rings. The van der Waals surface area contributed by atoms with E-state index in [1.807, 2.05) is 61.5 Å². The minimum absolute atomic E-state index is 0.0744. The Morgan fingerprint density at radius 3 is 2.28 bits per heavy atom. The van der Waals surface area contributed by atoms with Crippen molar-refractivity contribution in [3.05, 3.63) is 101 Å². The molecule has 0 aromatic heterocycles. The van der Waals surface area contributed by atoms with Gasteiger partial charge in [0, 0.05) is 11.3 Å². The van der Waals surface area contributed by atoms with Gasteiger partial charge in [0.25, 0.3) is 11.7 Å². The molecule has 5 heteroatoms. The first-order valence-corrected chi connectivity index (χ1v) is 10.6. The number of ether oxygens (including phenoxy) is 1. The molecule has 0 radical (unpaired) electrons. The number of carbonyl (C=O) groups is 2. The van der Waals surface area contributed by atoms with Crippen LogP contribution in [-0.2, 0) is 16.0 Å². The number of nitrogens with zero attached hydrogens (tertiary/aromatic N) is 1. The third-order valence-corrected chi connectivity index (χ3v) is 5.85. The van der Waals surface area contributed by atoms with Gasteiger partial charge in [-0.3, -0.25) is 14.5 Å². The molecule has 0 spiro atoms. The van der Waals surface area contributed by atoms with Crippen LogP contribution in [-0.4, -0.2) is 23.9 Å². The number of hydrogen-bond acceptors (Lipinski definition) is 4. The first-order valence-electron chi connectivity index (χ1n) is 10.6. The standard InChI is InChI=1S/C27H25NO4/c1-4-18-10-13-21(14-11-18)28-24(19-8-6-5-7-9-19)23(26(30)27(28)31)25(29)20-12-15-22(32-3)17(2)16-20/h5-16,24,29H,4H2,1-3H3/b25-23-. The van der Waals surface area contributed by atoms with Crippen LogP contribution < -0.4 is 9.64 Å². The predicted molar refractivity (Wildman–Crippen MR) is 125 cm³/mol. The van der Waals surface area contributed by atoms with Crippen molar-refractivity contribution < 1.29 is 19.4 Å². The van der Waals surface area contributed by atoms with Crippen LogP contribution in [0.2, 0.25) is 0 Å². The second kappa shape index (κ2) is 8.71. The summed E-state index contributed by atoms with van der Waals surface area (Å²) in [6.07, 6.45) is 0.873. The summed E-state index contributed by atoms with van der Waals surface area (Å²) in [4.78, 5) is 27.8. The van der Waals surface area contributed by atoms with Crippen LogP contribution in [0, 0.1) is 6.92 Å². The summed E-state index contributed by atoms with van der Waals surface area (Å²) in [6, 6.07) is 21.3. The van der Waals surface area contributed by atoms with Crippen LogP contribution in [0.3, 0.4) is 0 Å². The summed E-state index contributed by atoms with van der Waals surface area (Å²) in [5, 5.41) is 11.2. The molecule has 1 heterocycles. The Balaban J connectivity index is 1.90. The summed E-state index contributed by atoms with van der Waals surface area (Å²) in [6.45, 7) is 3.92. The number of aliphatic hydroxyl groups is 1. The fourth-order valence-corrected chi connectivity index (χ4v) is 4.12. The highest BCUT2D eigenvalue weighted by Gasteiger charge is 2.46. The van der Waals surface area contributed by atoms with E-state index in [0.29, 0.717) is 17.0 Å².